The minimum Gasteiger partial charge on any atom is -0.467 e. The molecule has 0 rings (SSSR count). The van der Waals surface area contributed by atoms with Gasteiger partial charge in [0.2, 0.25) is 5.91 Å². The molecule has 0 aliphatic heterocycles. The van der Waals surface area contributed by atoms with Crippen LogP contribution in [-0.4, -0.2) is 25.0 Å². The van der Waals surface area contributed by atoms with E-state index in [1.165, 1.54) is 7.11 Å². The lowest BCUT2D eigenvalue weighted by atomic mass is 10.0. The first-order valence-corrected chi connectivity index (χ1v) is 6.30. The molecular weight excluding hydrogens is 218 g/mol. The van der Waals surface area contributed by atoms with Crippen molar-refractivity contribution in [2.24, 2.45) is 11.8 Å². The van der Waals surface area contributed by atoms with Crippen LogP contribution >= 0.6 is 0 Å². The van der Waals surface area contributed by atoms with Crippen LogP contribution in [0.5, 0.6) is 0 Å². The van der Waals surface area contributed by atoms with Crippen molar-refractivity contribution in [2.45, 2.75) is 53.0 Å². The molecule has 0 aromatic rings. The Hall–Kier alpha value is -1.06. The van der Waals surface area contributed by atoms with Gasteiger partial charge in [0, 0.05) is 5.92 Å². The van der Waals surface area contributed by atoms with Gasteiger partial charge in [-0.15, -0.1) is 0 Å². The Labute approximate surface area is 104 Å². The maximum absolute atomic E-state index is 11.8. The molecule has 0 saturated carbocycles. The Morgan fingerprint density at radius 3 is 2.24 bits per heavy atom. The molecule has 0 aromatic carbocycles. The lowest BCUT2D eigenvalue weighted by Gasteiger charge is -2.20. The number of rotatable bonds is 7. The van der Waals surface area contributed by atoms with Crippen molar-refractivity contribution in [3.8, 4) is 0 Å². The molecule has 2 unspecified atom stereocenters. The van der Waals surface area contributed by atoms with Crippen LogP contribution in [0.1, 0.15) is 47.0 Å². The normalized spacial score (nSPS) is 14.2. The van der Waals surface area contributed by atoms with Crippen LogP contribution in [-0.2, 0) is 14.3 Å². The monoisotopic (exact) mass is 243 g/mol. The number of amides is 1. The third kappa shape index (κ3) is 6.29. The fourth-order valence-electron chi connectivity index (χ4n) is 1.71. The highest BCUT2D eigenvalue weighted by atomic mass is 16.5. The Morgan fingerprint density at radius 2 is 1.82 bits per heavy atom. The van der Waals surface area contributed by atoms with E-state index in [0.717, 1.165) is 12.8 Å². The summed E-state index contributed by atoms with van der Waals surface area (Å²) in [5, 5.41) is 2.77. The molecule has 2 atom stereocenters. The minimum atomic E-state index is -0.521. The van der Waals surface area contributed by atoms with Gasteiger partial charge < -0.3 is 10.1 Å². The second kappa shape index (κ2) is 8.09. The highest BCUT2D eigenvalue weighted by Gasteiger charge is 2.24. The number of methoxy groups -OCH3 is 1. The number of carbonyl (C=O) groups excluding carboxylic acids is 2. The first kappa shape index (κ1) is 15.9. The molecular formula is C13H25NO3. The molecule has 17 heavy (non-hydrogen) atoms. The summed E-state index contributed by atoms with van der Waals surface area (Å²) in [4.78, 5) is 23.4. The number of esters is 1. The molecule has 4 heteroatoms. The zero-order valence-corrected chi connectivity index (χ0v) is 11.6. The molecule has 0 radical (unpaired) electrons. The van der Waals surface area contributed by atoms with Gasteiger partial charge in [0.25, 0.3) is 0 Å². The second-order valence-corrected chi connectivity index (χ2v) is 4.90. The number of hydrogen-bond donors (Lipinski definition) is 1. The highest BCUT2D eigenvalue weighted by Crippen LogP contribution is 2.09. The van der Waals surface area contributed by atoms with Crippen molar-refractivity contribution in [1.29, 1.82) is 0 Å². The highest BCUT2D eigenvalue weighted by molar-refractivity contribution is 5.85. The van der Waals surface area contributed by atoms with Gasteiger partial charge >= 0.3 is 5.97 Å². The van der Waals surface area contributed by atoms with Gasteiger partial charge in [0.15, 0.2) is 0 Å². The van der Waals surface area contributed by atoms with Crippen molar-refractivity contribution in [3.63, 3.8) is 0 Å². The third-order valence-electron chi connectivity index (χ3n) is 2.68. The molecule has 0 aromatic heterocycles. The second-order valence-electron chi connectivity index (χ2n) is 4.90. The molecule has 0 bridgehead atoms. The smallest absolute Gasteiger partial charge is 0.328 e. The molecule has 1 amide bonds. The van der Waals surface area contributed by atoms with E-state index in [2.05, 4.69) is 5.32 Å². The third-order valence-corrected chi connectivity index (χ3v) is 2.68. The Balaban J connectivity index is 4.42. The zero-order chi connectivity index (χ0) is 13.4. The van der Waals surface area contributed by atoms with Gasteiger partial charge in [-0.3, -0.25) is 4.79 Å². The summed E-state index contributed by atoms with van der Waals surface area (Å²) in [5.74, 6) is -0.154. The summed E-state index contributed by atoms with van der Waals surface area (Å²) < 4.78 is 4.70. The SMILES string of the molecule is CCCC(C)C(=O)NC(CC(C)C)C(=O)OC. The average Bonchev–Trinajstić information content (AvgIpc) is 2.26. The molecule has 0 aliphatic carbocycles. The quantitative estimate of drug-likeness (QED) is 0.697. The molecule has 0 saturated heterocycles. The van der Waals surface area contributed by atoms with E-state index in [9.17, 15) is 9.59 Å². The van der Waals surface area contributed by atoms with Crippen LogP contribution < -0.4 is 5.32 Å². The molecule has 0 spiro atoms. The van der Waals surface area contributed by atoms with Crippen molar-refractivity contribution < 1.29 is 14.3 Å². The van der Waals surface area contributed by atoms with E-state index < -0.39 is 6.04 Å². The van der Waals surface area contributed by atoms with E-state index >= 15 is 0 Å². The fraction of sp³-hybridized carbons (Fsp3) is 0.846. The van der Waals surface area contributed by atoms with Gasteiger partial charge in [0.1, 0.15) is 6.04 Å². The molecule has 0 heterocycles. The summed E-state index contributed by atoms with van der Waals surface area (Å²) in [7, 11) is 1.34. The van der Waals surface area contributed by atoms with Gasteiger partial charge in [-0.25, -0.2) is 4.79 Å². The first-order chi connectivity index (χ1) is 7.92. The van der Waals surface area contributed by atoms with Crippen LogP contribution in [0.3, 0.4) is 0 Å². The van der Waals surface area contributed by atoms with Crippen molar-refractivity contribution in [3.05, 3.63) is 0 Å². The molecule has 100 valence electrons. The van der Waals surface area contributed by atoms with Crippen LogP contribution in [0, 0.1) is 11.8 Å². The van der Waals surface area contributed by atoms with E-state index in [4.69, 9.17) is 4.74 Å². The lowest BCUT2D eigenvalue weighted by Crippen LogP contribution is -2.44. The topological polar surface area (TPSA) is 55.4 Å². The Kier molecular flexibility index (Phi) is 7.59. The van der Waals surface area contributed by atoms with Gasteiger partial charge in [-0.1, -0.05) is 34.1 Å². The minimum absolute atomic E-state index is 0.0562. The van der Waals surface area contributed by atoms with Crippen LogP contribution in [0.2, 0.25) is 0 Å². The van der Waals surface area contributed by atoms with Crippen molar-refractivity contribution in [1.82, 2.24) is 5.32 Å². The summed E-state index contributed by atoms with van der Waals surface area (Å²) in [6, 6.07) is -0.521. The average molecular weight is 243 g/mol. The van der Waals surface area contributed by atoms with Crippen LogP contribution in [0.25, 0.3) is 0 Å². The van der Waals surface area contributed by atoms with Crippen LogP contribution in [0.4, 0.5) is 0 Å². The van der Waals surface area contributed by atoms with E-state index in [0.29, 0.717) is 12.3 Å². The summed E-state index contributed by atoms with van der Waals surface area (Å²) in [5.41, 5.74) is 0. The lowest BCUT2D eigenvalue weighted by molar-refractivity contribution is -0.146. The largest absolute Gasteiger partial charge is 0.467 e. The summed E-state index contributed by atoms with van der Waals surface area (Å²) in [6.07, 6.45) is 2.40. The Bertz CT molecular complexity index is 251. The molecule has 0 fully saturated rings. The maximum atomic E-state index is 11.8. The summed E-state index contributed by atoms with van der Waals surface area (Å²) >= 11 is 0. The number of ether oxygens (including phenoxy) is 1. The van der Waals surface area contributed by atoms with Crippen molar-refractivity contribution in [2.75, 3.05) is 7.11 Å². The van der Waals surface area contributed by atoms with Crippen molar-refractivity contribution >= 4 is 11.9 Å². The zero-order valence-electron chi connectivity index (χ0n) is 11.6. The van der Waals surface area contributed by atoms with E-state index in [-0.39, 0.29) is 17.8 Å². The predicted octanol–water partition coefficient (Wildman–Crippen LogP) is 2.13. The molecule has 4 nitrogen and oxygen atoms in total. The van der Waals surface area contributed by atoms with E-state index in [1.54, 1.807) is 0 Å². The van der Waals surface area contributed by atoms with E-state index in [1.807, 2.05) is 27.7 Å². The first-order valence-electron chi connectivity index (χ1n) is 6.30. The number of hydrogen-bond acceptors (Lipinski definition) is 3. The van der Waals surface area contributed by atoms with Gasteiger partial charge in [-0.05, 0) is 18.8 Å². The maximum Gasteiger partial charge on any atom is 0.328 e. The number of nitrogens with one attached hydrogen (secondary N) is 1. The molecule has 0 aliphatic rings. The Morgan fingerprint density at radius 1 is 1.24 bits per heavy atom. The van der Waals surface area contributed by atoms with Gasteiger partial charge in [-0.2, -0.15) is 0 Å². The number of carbonyl (C=O) groups is 2. The molecule has 1 N–H and O–H groups in total. The fourth-order valence-corrected chi connectivity index (χ4v) is 1.71. The predicted molar refractivity (Wildman–Crippen MR) is 67.5 cm³/mol. The summed E-state index contributed by atoms with van der Waals surface area (Å²) in [6.45, 7) is 7.94. The standard InChI is InChI=1S/C13H25NO3/c1-6-7-10(4)12(15)14-11(8-9(2)3)13(16)17-5/h9-11H,6-8H2,1-5H3,(H,14,15). The van der Waals surface area contributed by atoms with Gasteiger partial charge in [0.05, 0.1) is 7.11 Å². The van der Waals surface area contributed by atoms with Crippen LogP contribution in [0.15, 0.2) is 0 Å².